The third-order valence-electron chi connectivity index (χ3n) is 7.00. The lowest BCUT2D eigenvalue weighted by Crippen LogP contribution is -2.54. The SMILES string of the molecule is CNC(=O)[C@H]1[C@H]2C(=O)N(CCCCCO)C(C(=O)Nc3ccc(OC)cc3)C23CC(Br)[C@@H]1O3. The Labute approximate surface area is 201 Å². The van der Waals surface area contributed by atoms with E-state index in [-0.39, 0.29) is 29.2 Å². The van der Waals surface area contributed by atoms with Crippen molar-refractivity contribution in [3.63, 3.8) is 0 Å². The lowest BCUT2D eigenvalue weighted by molar-refractivity contribution is -0.140. The number of likely N-dealkylation sites (tertiary alicyclic amines) is 1. The summed E-state index contributed by atoms with van der Waals surface area (Å²) in [6, 6.07) is 6.11. The number of benzene rings is 1. The minimum absolute atomic E-state index is 0.0801. The zero-order chi connectivity index (χ0) is 23.8. The molecule has 0 radical (unpaired) electrons. The van der Waals surface area contributed by atoms with Gasteiger partial charge in [-0.3, -0.25) is 14.4 Å². The van der Waals surface area contributed by atoms with Crippen LogP contribution in [0.3, 0.4) is 0 Å². The fraction of sp³-hybridized carbons (Fsp3) is 0.609. The fourth-order valence-electron chi connectivity index (χ4n) is 5.59. The Morgan fingerprint density at radius 3 is 2.61 bits per heavy atom. The number of carbonyl (C=O) groups is 3. The Bertz CT molecular complexity index is 912. The molecular weight excluding hydrogens is 494 g/mol. The predicted molar refractivity (Wildman–Crippen MR) is 124 cm³/mol. The van der Waals surface area contributed by atoms with E-state index in [1.165, 1.54) is 0 Å². The first-order chi connectivity index (χ1) is 15.9. The highest BCUT2D eigenvalue weighted by molar-refractivity contribution is 9.09. The highest BCUT2D eigenvalue weighted by Gasteiger charge is 2.76. The first-order valence-corrected chi connectivity index (χ1v) is 12.2. The van der Waals surface area contributed by atoms with Gasteiger partial charge in [0.25, 0.3) is 0 Å². The van der Waals surface area contributed by atoms with Gasteiger partial charge in [-0.15, -0.1) is 0 Å². The Morgan fingerprint density at radius 2 is 1.97 bits per heavy atom. The maximum atomic E-state index is 13.6. The van der Waals surface area contributed by atoms with E-state index in [9.17, 15) is 14.4 Å². The van der Waals surface area contributed by atoms with Crippen molar-refractivity contribution in [2.45, 2.75) is 48.3 Å². The van der Waals surface area contributed by atoms with Gasteiger partial charge in [-0.05, 0) is 49.9 Å². The molecule has 9 nitrogen and oxygen atoms in total. The first-order valence-electron chi connectivity index (χ1n) is 11.3. The monoisotopic (exact) mass is 523 g/mol. The summed E-state index contributed by atoms with van der Waals surface area (Å²) in [5.74, 6) is -1.50. The number of unbranched alkanes of at least 4 members (excludes halogenated alkanes) is 2. The van der Waals surface area contributed by atoms with Gasteiger partial charge in [0.2, 0.25) is 17.7 Å². The second-order valence-electron chi connectivity index (χ2n) is 8.81. The zero-order valence-corrected chi connectivity index (χ0v) is 20.3. The highest BCUT2D eigenvalue weighted by Crippen LogP contribution is 2.60. The van der Waals surface area contributed by atoms with Gasteiger partial charge in [-0.2, -0.15) is 0 Å². The standard InChI is InChI=1S/C23H30BrN3O6/c1-25-20(29)16-17-22(31)27(10-4-3-5-11-28)19(23(17)12-15(24)18(16)33-23)21(30)26-13-6-8-14(32-2)9-7-13/h6-9,15-19,28H,3-5,10-12H2,1-2H3,(H,25,29)(H,26,30)/t15?,16-,17-,18-,19?,23?/m0/s1. The van der Waals surface area contributed by atoms with E-state index in [4.69, 9.17) is 14.6 Å². The van der Waals surface area contributed by atoms with Crippen molar-refractivity contribution in [2.24, 2.45) is 11.8 Å². The number of alkyl halides is 1. The number of nitrogens with one attached hydrogen (secondary N) is 2. The molecule has 180 valence electrons. The van der Waals surface area contributed by atoms with E-state index < -0.39 is 29.6 Å². The molecule has 6 atom stereocenters. The van der Waals surface area contributed by atoms with Crippen molar-refractivity contribution in [2.75, 3.05) is 32.6 Å². The van der Waals surface area contributed by atoms with Crippen LogP contribution in [0.25, 0.3) is 0 Å². The summed E-state index contributed by atoms with van der Waals surface area (Å²) >= 11 is 3.63. The second-order valence-corrected chi connectivity index (χ2v) is 9.99. The second kappa shape index (κ2) is 9.60. The van der Waals surface area contributed by atoms with E-state index in [1.54, 1.807) is 43.3 Å². The number of methoxy groups -OCH3 is 1. The number of ether oxygens (including phenoxy) is 2. The molecule has 1 spiro atoms. The number of rotatable bonds is 9. The number of hydrogen-bond acceptors (Lipinski definition) is 6. The molecule has 3 heterocycles. The summed E-state index contributed by atoms with van der Waals surface area (Å²) in [4.78, 5) is 41.4. The number of aliphatic hydroxyl groups is 1. The number of hydrogen-bond donors (Lipinski definition) is 3. The molecule has 0 saturated carbocycles. The first kappa shape index (κ1) is 24.0. The third-order valence-corrected chi connectivity index (χ3v) is 7.85. The van der Waals surface area contributed by atoms with E-state index in [0.29, 0.717) is 37.2 Å². The quantitative estimate of drug-likeness (QED) is 0.331. The number of fused-ring (bicyclic) bond motifs is 1. The molecule has 10 heteroatoms. The van der Waals surface area contributed by atoms with E-state index in [2.05, 4.69) is 26.6 Å². The summed E-state index contributed by atoms with van der Waals surface area (Å²) in [5, 5.41) is 14.7. The molecule has 0 aromatic heterocycles. The number of amides is 3. The largest absolute Gasteiger partial charge is 0.497 e. The predicted octanol–water partition coefficient (Wildman–Crippen LogP) is 1.29. The van der Waals surface area contributed by atoms with Crippen molar-refractivity contribution < 1.29 is 29.0 Å². The van der Waals surface area contributed by atoms with Crippen LogP contribution in [0.5, 0.6) is 5.75 Å². The van der Waals surface area contributed by atoms with Crippen molar-refractivity contribution >= 4 is 39.3 Å². The number of anilines is 1. The molecule has 0 aliphatic carbocycles. The van der Waals surface area contributed by atoms with Crippen LogP contribution in [-0.4, -0.2) is 77.6 Å². The average Bonchev–Trinajstić information content (AvgIpc) is 3.40. The lowest BCUT2D eigenvalue weighted by atomic mass is 9.70. The van der Waals surface area contributed by atoms with Crippen LogP contribution in [0, 0.1) is 11.8 Å². The molecule has 3 fully saturated rings. The van der Waals surface area contributed by atoms with Crippen molar-refractivity contribution in [1.29, 1.82) is 0 Å². The number of aliphatic hydroxyl groups excluding tert-OH is 1. The highest BCUT2D eigenvalue weighted by atomic mass is 79.9. The molecule has 4 rings (SSSR count). The number of nitrogens with zero attached hydrogens (tertiary/aromatic N) is 1. The fourth-order valence-corrected chi connectivity index (χ4v) is 6.54. The minimum Gasteiger partial charge on any atom is -0.497 e. The van der Waals surface area contributed by atoms with Crippen LogP contribution >= 0.6 is 15.9 Å². The van der Waals surface area contributed by atoms with Crippen LogP contribution in [0.2, 0.25) is 0 Å². The summed E-state index contributed by atoms with van der Waals surface area (Å²) in [6.45, 7) is 0.440. The number of carbonyl (C=O) groups excluding carboxylic acids is 3. The topological polar surface area (TPSA) is 117 Å². The molecule has 3 amide bonds. The average molecular weight is 524 g/mol. The number of halogens is 1. The minimum atomic E-state index is -1.07. The molecule has 3 N–H and O–H groups in total. The van der Waals surface area contributed by atoms with E-state index in [1.807, 2.05) is 0 Å². The molecular formula is C23H30BrN3O6. The van der Waals surface area contributed by atoms with Crippen LogP contribution in [0.1, 0.15) is 25.7 Å². The van der Waals surface area contributed by atoms with Gasteiger partial charge < -0.3 is 30.1 Å². The van der Waals surface area contributed by atoms with Gasteiger partial charge in [0.05, 0.1) is 25.0 Å². The van der Waals surface area contributed by atoms with Gasteiger partial charge in [0.15, 0.2) is 0 Å². The van der Waals surface area contributed by atoms with Gasteiger partial charge in [-0.25, -0.2) is 0 Å². The van der Waals surface area contributed by atoms with Crippen molar-refractivity contribution in [3.05, 3.63) is 24.3 Å². The van der Waals surface area contributed by atoms with E-state index in [0.717, 1.165) is 6.42 Å². The maximum absolute atomic E-state index is 13.6. The van der Waals surface area contributed by atoms with Gasteiger partial charge in [-0.1, -0.05) is 15.9 Å². The summed E-state index contributed by atoms with van der Waals surface area (Å²) < 4.78 is 11.6. The van der Waals surface area contributed by atoms with E-state index >= 15 is 0 Å². The molecule has 33 heavy (non-hydrogen) atoms. The summed E-state index contributed by atoms with van der Waals surface area (Å²) in [6.07, 6.45) is 2.01. The summed E-state index contributed by atoms with van der Waals surface area (Å²) in [7, 11) is 3.11. The van der Waals surface area contributed by atoms with Crippen LogP contribution in [0.4, 0.5) is 5.69 Å². The van der Waals surface area contributed by atoms with Crippen LogP contribution < -0.4 is 15.4 Å². The Balaban J connectivity index is 1.65. The van der Waals surface area contributed by atoms with Crippen LogP contribution in [0.15, 0.2) is 24.3 Å². The molecule has 3 saturated heterocycles. The van der Waals surface area contributed by atoms with Crippen molar-refractivity contribution in [1.82, 2.24) is 10.2 Å². The smallest absolute Gasteiger partial charge is 0.250 e. The van der Waals surface area contributed by atoms with Crippen molar-refractivity contribution in [3.8, 4) is 5.75 Å². The third kappa shape index (κ3) is 4.02. The van der Waals surface area contributed by atoms with Gasteiger partial charge in [0.1, 0.15) is 17.4 Å². The molecule has 3 aliphatic rings. The van der Waals surface area contributed by atoms with Gasteiger partial charge >= 0.3 is 0 Å². The molecule has 3 unspecified atom stereocenters. The molecule has 3 aliphatic heterocycles. The Morgan fingerprint density at radius 1 is 1.24 bits per heavy atom. The summed E-state index contributed by atoms with van der Waals surface area (Å²) in [5.41, 5.74) is -0.486. The maximum Gasteiger partial charge on any atom is 0.250 e. The van der Waals surface area contributed by atoms with Gasteiger partial charge in [0, 0.05) is 30.7 Å². The zero-order valence-electron chi connectivity index (χ0n) is 18.8. The molecule has 2 bridgehead atoms. The lowest BCUT2D eigenvalue weighted by Gasteiger charge is -2.34. The Kier molecular flexibility index (Phi) is 6.97. The Hall–Kier alpha value is -2.17. The molecule has 1 aromatic carbocycles. The normalized spacial score (nSPS) is 32.1. The van der Waals surface area contributed by atoms with Crippen LogP contribution in [-0.2, 0) is 19.1 Å². The molecule has 1 aromatic rings.